The highest BCUT2D eigenvalue weighted by Crippen LogP contribution is 2.37. The summed E-state index contributed by atoms with van der Waals surface area (Å²) in [6, 6.07) is 15.5. The van der Waals surface area contributed by atoms with Crippen LogP contribution < -0.4 is 0 Å². The van der Waals surface area contributed by atoms with Gasteiger partial charge in [0.15, 0.2) is 5.17 Å². The average molecular weight is 429 g/mol. The van der Waals surface area contributed by atoms with Crippen molar-refractivity contribution in [3.05, 3.63) is 82.0 Å². The summed E-state index contributed by atoms with van der Waals surface area (Å²) in [6.45, 7) is 3.72. The number of carbonyl (C=O) groups excluding carboxylic acids is 2. The molecule has 1 atom stereocenters. The maximum atomic E-state index is 13.2. The molecule has 0 fully saturated rings. The second-order valence-electron chi connectivity index (χ2n) is 6.30. The molecule has 0 aliphatic carbocycles. The van der Waals surface area contributed by atoms with E-state index in [0.29, 0.717) is 27.0 Å². The molecule has 0 saturated carbocycles. The predicted molar refractivity (Wildman–Crippen MR) is 117 cm³/mol. The van der Waals surface area contributed by atoms with Crippen molar-refractivity contribution in [3.63, 3.8) is 0 Å². The highest BCUT2D eigenvalue weighted by Gasteiger charge is 2.36. The monoisotopic (exact) mass is 428 g/mol. The topological polar surface area (TPSA) is 59.0 Å². The molecule has 150 valence electrons. The van der Waals surface area contributed by atoms with Gasteiger partial charge in [-0.15, -0.1) is 0 Å². The molecule has 5 nitrogen and oxygen atoms in total. The van der Waals surface area contributed by atoms with Gasteiger partial charge in [-0.3, -0.25) is 9.69 Å². The number of hydrogen-bond acceptors (Lipinski definition) is 5. The first kappa shape index (κ1) is 21.1. The van der Waals surface area contributed by atoms with Crippen molar-refractivity contribution in [1.29, 1.82) is 0 Å². The Bertz CT molecular complexity index is 989. The van der Waals surface area contributed by atoms with Crippen molar-refractivity contribution < 1.29 is 14.3 Å². The number of amidine groups is 1. The van der Waals surface area contributed by atoms with E-state index in [9.17, 15) is 9.59 Å². The molecule has 0 spiro atoms. The second kappa shape index (κ2) is 9.29. The van der Waals surface area contributed by atoms with Crippen LogP contribution in [-0.2, 0) is 9.53 Å². The molecule has 7 heteroatoms. The zero-order valence-corrected chi connectivity index (χ0v) is 18.0. The van der Waals surface area contributed by atoms with Crippen LogP contribution in [-0.4, -0.2) is 34.8 Å². The Morgan fingerprint density at radius 3 is 2.52 bits per heavy atom. The van der Waals surface area contributed by atoms with Crippen molar-refractivity contribution in [3.8, 4) is 0 Å². The Hall–Kier alpha value is -2.57. The van der Waals surface area contributed by atoms with Crippen molar-refractivity contribution in [2.75, 3.05) is 12.9 Å². The number of hydrogen-bond donors (Lipinski definition) is 0. The van der Waals surface area contributed by atoms with E-state index in [4.69, 9.17) is 21.3 Å². The van der Waals surface area contributed by atoms with E-state index in [1.807, 2.05) is 24.5 Å². The molecule has 0 radical (unpaired) electrons. The first-order chi connectivity index (χ1) is 14.0. The highest BCUT2D eigenvalue weighted by atomic mass is 35.5. The van der Waals surface area contributed by atoms with Crippen LogP contribution >= 0.6 is 23.4 Å². The number of esters is 1. The van der Waals surface area contributed by atoms with E-state index in [-0.39, 0.29) is 12.5 Å². The molecule has 2 aromatic rings. The van der Waals surface area contributed by atoms with Crippen molar-refractivity contribution in [2.45, 2.75) is 19.9 Å². The Kier molecular flexibility index (Phi) is 6.77. The number of aliphatic imine (C=N–C) groups is 1. The number of thioether (sulfide) groups is 1. The number of benzene rings is 2. The standard InChI is InChI=1S/C22H21ClN2O3S/c1-4-28-21(27)18-14(2)25(20(26)15-9-6-5-7-10-15)22(29-3)24-19(18)16-11-8-12-17(23)13-16/h5-13,19H,4H2,1-3H3/t19-/m1/s1. The van der Waals surface area contributed by atoms with E-state index in [0.717, 1.165) is 5.56 Å². The van der Waals surface area contributed by atoms with Crippen LogP contribution in [0.5, 0.6) is 0 Å². The first-order valence-corrected chi connectivity index (χ1v) is 10.7. The lowest BCUT2D eigenvalue weighted by molar-refractivity contribution is -0.139. The van der Waals surface area contributed by atoms with Gasteiger partial charge in [0.25, 0.3) is 5.91 Å². The van der Waals surface area contributed by atoms with E-state index in [1.54, 1.807) is 50.2 Å². The average Bonchev–Trinajstić information content (AvgIpc) is 2.73. The van der Waals surface area contributed by atoms with Gasteiger partial charge < -0.3 is 4.74 Å². The lowest BCUT2D eigenvalue weighted by Gasteiger charge is -2.33. The fraction of sp³-hybridized carbons (Fsp3) is 0.227. The molecule has 1 aliphatic rings. The molecule has 0 N–H and O–H groups in total. The molecule has 0 bridgehead atoms. The number of amides is 1. The molecule has 1 amide bonds. The van der Waals surface area contributed by atoms with E-state index in [1.165, 1.54) is 16.7 Å². The van der Waals surface area contributed by atoms with Gasteiger partial charge in [0.05, 0.1) is 12.2 Å². The SMILES string of the molecule is CCOC(=O)C1=C(C)N(C(=O)c2ccccc2)C(SC)=N[C@@H]1c1cccc(Cl)c1. The Balaban J connectivity index is 2.15. The van der Waals surface area contributed by atoms with Crippen LogP contribution in [0.4, 0.5) is 0 Å². The molecule has 1 aliphatic heterocycles. The normalized spacial score (nSPS) is 16.5. The fourth-order valence-electron chi connectivity index (χ4n) is 3.17. The van der Waals surface area contributed by atoms with E-state index >= 15 is 0 Å². The summed E-state index contributed by atoms with van der Waals surface area (Å²) in [5, 5.41) is 1.06. The zero-order valence-electron chi connectivity index (χ0n) is 16.4. The summed E-state index contributed by atoms with van der Waals surface area (Å²) in [5.41, 5.74) is 2.11. The van der Waals surface area contributed by atoms with E-state index < -0.39 is 12.0 Å². The van der Waals surface area contributed by atoms with Crippen molar-refractivity contribution in [1.82, 2.24) is 4.90 Å². The van der Waals surface area contributed by atoms with Gasteiger partial charge in [0, 0.05) is 16.3 Å². The minimum atomic E-state index is -0.602. The maximum absolute atomic E-state index is 13.2. The maximum Gasteiger partial charge on any atom is 0.338 e. The first-order valence-electron chi connectivity index (χ1n) is 9.12. The third kappa shape index (κ3) is 4.38. The van der Waals surface area contributed by atoms with Crippen LogP contribution in [0.25, 0.3) is 0 Å². The Morgan fingerprint density at radius 2 is 1.90 bits per heavy atom. The molecule has 3 rings (SSSR count). The summed E-state index contributed by atoms with van der Waals surface area (Å²) in [6.07, 6.45) is 1.85. The van der Waals surface area contributed by atoms with Gasteiger partial charge in [-0.05, 0) is 49.9 Å². The summed E-state index contributed by atoms with van der Waals surface area (Å²) in [5.74, 6) is -0.743. The second-order valence-corrected chi connectivity index (χ2v) is 7.51. The molecular formula is C22H21ClN2O3S. The highest BCUT2D eigenvalue weighted by molar-refractivity contribution is 8.13. The van der Waals surface area contributed by atoms with Gasteiger partial charge in [-0.1, -0.05) is 53.7 Å². The Morgan fingerprint density at radius 1 is 1.17 bits per heavy atom. The van der Waals surface area contributed by atoms with Crippen LogP contribution in [0, 0.1) is 0 Å². The molecular weight excluding hydrogens is 408 g/mol. The molecule has 0 unspecified atom stereocenters. The molecule has 1 heterocycles. The van der Waals surface area contributed by atoms with Crippen LogP contribution in [0.15, 0.2) is 70.9 Å². The molecule has 0 aromatic heterocycles. The third-order valence-corrected chi connectivity index (χ3v) is 5.38. The lowest BCUT2D eigenvalue weighted by atomic mass is 9.96. The van der Waals surface area contributed by atoms with Crippen molar-refractivity contribution in [2.24, 2.45) is 4.99 Å². The van der Waals surface area contributed by atoms with Crippen molar-refractivity contribution >= 4 is 40.4 Å². The lowest BCUT2D eigenvalue weighted by Crippen LogP contribution is -2.39. The molecule has 29 heavy (non-hydrogen) atoms. The van der Waals surface area contributed by atoms with Crippen LogP contribution in [0.3, 0.4) is 0 Å². The fourth-order valence-corrected chi connectivity index (χ4v) is 3.99. The van der Waals surface area contributed by atoms with Crippen LogP contribution in [0.2, 0.25) is 5.02 Å². The minimum Gasteiger partial charge on any atom is -0.463 e. The van der Waals surface area contributed by atoms with Gasteiger partial charge in [0.2, 0.25) is 0 Å². The summed E-state index contributed by atoms with van der Waals surface area (Å²) >= 11 is 7.51. The largest absolute Gasteiger partial charge is 0.463 e. The smallest absolute Gasteiger partial charge is 0.338 e. The summed E-state index contributed by atoms with van der Waals surface area (Å²) < 4.78 is 5.29. The van der Waals surface area contributed by atoms with Crippen LogP contribution in [0.1, 0.15) is 35.8 Å². The number of carbonyl (C=O) groups is 2. The third-order valence-electron chi connectivity index (χ3n) is 4.50. The van der Waals surface area contributed by atoms with Gasteiger partial charge in [0.1, 0.15) is 6.04 Å². The number of ether oxygens (including phenoxy) is 1. The number of rotatable bonds is 4. The minimum absolute atomic E-state index is 0.226. The van der Waals surface area contributed by atoms with E-state index in [2.05, 4.69) is 0 Å². The zero-order chi connectivity index (χ0) is 21.0. The van der Waals surface area contributed by atoms with Gasteiger partial charge in [-0.25, -0.2) is 9.79 Å². The predicted octanol–water partition coefficient (Wildman–Crippen LogP) is 5.09. The number of allylic oxidation sites excluding steroid dienone is 1. The number of nitrogens with zero attached hydrogens (tertiary/aromatic N) is 2. The summed E-state index contributed by atoms with van der Waals surface area (Å²) in [7, 11) is 0. The summed E-state index contributed by atoms with van der Waals surface area (Å²) in [4.78, 5) is 32.3. The molecule has 0 saturated heterocycles. The Labute approximate surface area is 179 Å². The van der Waals surface area contributed by atoms with Gasteiger partial charge in [-0.2, -0.15) is 0 Å². The molecule has 2 aromatic carbocycles. The van der Waals surface area contributed by atoms with Gasteiger partial charge >= 0.3 is 5.97 Å². The number of halogens is 1. The quantitative estimate of drug-likeness (QED) is 0.636.